The standard InChI is InChI=1S/C12H16BrNO3S/c13-9-4-3-5-10(8-9)18(17)11(12(15)16)6-1-2-7-14/h3-5,8,11H,1-2,6-7,14H2,(H,15,16). The molecule has 0 spiro atoms. The molecule has 1 rings (SSSR count). The fraction of sp³-hybridized carbons (Fsp3) is 0.417. The van der Waals surface area contributed by atoms with Crippen molar-refractivity contribution < 1.29 is 14.1 Å². The summed E-state index contributed by atoms with van der Waals surface area (Å²) in [6.07, 6.45) is 1.80. The molecular formula is C12H16BrNO3S. The van der Waals surface area contributed by atoms with Crippen LogP contribution >= 0.6 is 15.9 Å². The van der Waals surface area contributed by atoms with Crippen molar-refractivity contribution in [3.05, 3.63) is 28.7 Å². The third kappa shape index (κ3) is 4.51. The van der Waals surface area contributed by atoms with E-state index in [4.69, 9.17) is 10.8 Å². The topological polar surface area (TPSA) is 80.4 Å². The average molecular weight is 334 g/mol. The second kappa shape index (κ2) is 7.66. The van der Waals surface area contributed by atoms with Crippen LogP contribution in [0.4, 0.5) is 0 Å². The highest BCUT2D eigenvalue weighted by Gasteiger charge is 2.25. The summed E-state index contributed by atoms with van der Waals surface area (Å²) < 4.78 is 13.0. The molecule has 6 heteroatoms. The van der Waals surface area contributed by atoms with Gasteiger partial charge in [0.15, 0.2) is 0 Å². The second-order valence-electron chi connectivity index (χ2n) is 3.87. The first-order valence-electron chi connectivity index (χ1n) is 5.65. The molecule has 2 unspecified atom stereocenters. The molecule has 1 aromatic carbocycles. The molecule has 0 amide bonds. The second-order valence-corrected chi connectivity index (χ2v) is 6.42. The van der Waals surface area contributed by atoms with E-state index >= 15 is 0 Å². The molecule has 0 aliphatic carbocycles. The number of hydrogen-bond acceptors (Lipinski definition) is 3. The molecule has 1 aromatic rings. The van der Waals surface area contributed by atoms with Crippen LogP contribution in [0, 0.1) is 0 Å². The number of rotatable bonds is 7. The number of halogens is 1. The molecule has 100 valence electrons. The van der Waals surface area contributed by atoms with Gasteiger partial charge >= 0.3 is 5.97 Å². The van der Waals surface area contributed by atoms with Crippen molar-refractivity contribution in [2.75, 3.05) is 6.54 Å². The molecule has 0 bridgehead atoms. The minimum absolute atomic E-state index is 0.381. The van der Waals surface area contributed by atoms with Crippen molar-refractivity contribution in [1.82, 2.24) is 0 Å². The van der Waals surface area contributed by atoms with Gasteiger partial charge in [-0.2, -0.15) is 0 Å². The Bertz CT molecular complexity index is 439. The Kier molecular flexibility index (Phi) is 6.52. The molecular weight excluding hydrogens is 318 g/mol. The van der Waals surface area contributed by atoms with Gasteiger partial charge in [0.05, 0.1) is 10.8 Å². The number of carbonyl (C=O) groups is 1. The zero-order chi connectivity index (χ0) is 13.5. The lowest BCUT2D eigenvalue weighted by Gasteiger charge is -2.12. The van der Waals surface area contributed by atoms with Crippen LogP contribution < -0.4 is 5.73 Å². The van der Waals surface area contributed by atoms with Gasteiger partial charge in [-0.25, -0.2) is 0 Å². The van der Waals surface area contributed by atoms with E-state index in [-0.39, 0.29) is 0 Å². The van der Waals surface area contributed by atoms with Gasteiger partial charge in [0.2, 0.25) is 0 Å². The summed E-state index contributed by atoms with van der Waals surface area (Å²) in [7, 11) is -1.54. The molecule has 0 radical (unpaired) electrons. The summed E-state index contributed by atoms with van der Waals surface area (Å²) in [5.74, 6) is -1.02. The van der Waals surface area contributed by atoms with Crippen LogP contribution in [0.1, 0.15) is 19.3 Å². The van der Waals surface area contributed by atoms with Crippen molar-refractivity contribution >= 4 is 32.7 Å². The minimum Gasteiger partial charge on any atom is -0.480 e. The lowest BCUT2D eigenvalue weighted by Crippen LogP contribution is -2.26. The molecule has 0 saturated heterocycles. The Labute approximate surface area is 117 Å². The highest BCUT2D eigenvalue weighted by atomic mass is 79.9. The number of hydrogen-bond donors (Lipinski definition) is 2. The van der Waals surface area contributed by atoms with E-state index in [2.05, 4.69) is 15.9 Å². The Morgan fingerprint density at radius 3 is 2.72 bits per heavy atom. The summed E-state index contributed by atoms with van der Waals surface area (Å²) in [5, 5.41) is 8.27. The van der Waals surface area contributed by atoms with E-state index in [9.17, 15) is 9.00 Å². The summed E-state index contributed by atoms with van der Waals surface area (Å²) in [6, 6.07) is 6.93. The van der Waals surface area contributed by atoms with Crippen LogP contribution in [0.25, 0.3) is 0 Å². The van der Waals surface area contributed by atoms with Crippen LogP contribution in [0.15, 0.2) is 33.6 Å². The number of carboxylic acid groups (broad SMARTS) is 1. The Balaban J connectivity index is 2.79. The quantitative estimate of drug-likeness (QED) is 0.749. The molecule has 0 saturated carbocycles. The number of aliphatic carboxylic acids is 1. The summed E-state index contributed by atoms with van der Waals surface area (Å²) in [4.78, 5) is 11.7. The van der Waals surface area contributed by atoms with Crippen LogP contribution in [0.3, 0.4) is 0 Å². The summed E-state index contributed by atoms with van der Waals surface area (Å²) >= 11 is 3.28. The van der Waals surface area contributed by atoms with E-state index in [1.54, 1.807) is 18.2 Å². The molecule has 0 aromatic heterocycles. The zero-order valence-corrected chi connectivity index (χ0v) is 12.2. The Morgan fingerprint density at radius 2 is 2.17 bits per heavy atom. The van der Waals surface area contributed by atoms with Gasteiger partial charge in [-0.15, -0.1) is 0 Å². The van der Waals surface area contributed by atoms with Gasteiger partial charge in [-0.1, -0.05) is 28.4 Å². The summed E-state index contributed by atoms with van der Waals surface area (Å²) in [6.45, 7) is 0.524. The molecule has 0 heterocycles. The van der Waals surface area contributed by atoms with Crippen molar-refractivity contribution in [3.63, 3.8) is 0 Å². The van der Waals surface area contributed by atoms with E-state index in [0.29, 0.717) is 24.3 Å². The van der Waals surface area contributed by atoms with Crippen LogP contribution in [0.2, 0.25) is 0 Å². The van der Waals surface area contributed by atoms with E-state index in [1.807, 2.05) is 6.07 Å². The predicted molar refractivity (Wildman–Crippen MR) is 74.9 cm³/mol. The fourth-order valence-electron chi connectivity index (χ4n) is 1.55. The van der Waals surface area contributed by atoms with Gasteiger partial charge in [-0.05, 0) is 37.6 Å². The highest BCUT2D eigenvalue weighted by Crippen LogP contribution is 2.20. The van der Waals surface area contributed by atoms with Crippen molar-refractivity contribution in [2.45, 2.75) is 29.4 Å². The molecule has 3 N–H and O–H groups in total. The van der Waals surface area contributed by atoms with Crippen LogP contribution in [-0.4, -0.2) is 27.1 Å². The van der Waals surface area contributed by atoms with E-state index in [0.717, 1.165) is 10.9 Å². The SMILES string of the molecule is NCCCCC(C(=O)O)S(=O)c1cccc(Br)c1. The minimum atomic E-state index is -1.54. The monoisotopic (exact) mass is 333 g/mol. The molecule has 18 heavy (non-hydrogen) atoms. The van der Waals surface area contributed by atoms with Gasteiger partial charge in [0, 0.05) is 9.37 Å². The highest BCUT2D eigenvalue weighted by molar-refractivity contribution is 9.10. The Morgan fingerprint density at radius 1 is 1.44 bits per heavy atom. The van der Waals surface area contributed by atoms with Gasteiger partial charge in [-0.3, -0.25) is 9.00 Å². The number of carboxylic acids is 1. The first-order valence-corrected chi connectivity index (χ1v) is 7.66. The first-order chi connectivity index (χ1) is 8.56. The largest absolute Gasteiger partial charge is 0.480 e. The number of unbranched alkanes of at least 4 members (excludes halogenated alkanes) is 1. The predicted octanol–water partition coefficient (Wildman–Crippen LogP) is 2.14. The van der Waals surface area contributed by atoms with Crippen LogP contribution in [0.5, 0.6) is 0 Å². The maximum atomic E-state index is 12.2. The number of benzene rings is 1. The van der Waals surface area contributed by atoms with E-state index in [1.165, 1.54) is 0 Å². The lowest BCUT2D eigenvalue weighted by molar-refractivity contribution is -0.136. The summed E-state index contributed by atoms with van der Waals surface area (Å²) in [5.41, 5.74) is 5.37. The third-order valence-corrected chi connectivity index (χ3v) is 4.65. The van der Waals surface area contributed by atoms with Crippen molar-refractivity contribution in [3.8, 4) is 0 Å². The van der Waals surface area contributed by atoms with Gasteiger partial charge < -0.3 is 10.8 Å². The molecule has 0 aliphatic rings. The van der Waals surface area contributed by atoms with Gasteiger partial charge in [0.25, 0.3) is 0 Å². The molecule has 2 atom stereocenters. The zero-order valence-electron chi connectivity index (χ0n) is 9.84. The maximum Gasteiger partial charge on any atom is 0.319 e. The van der Waals surface area contributed by atoms with Gasteiger partial charge in [0.1, 0.15) is 5.25 Å². The first kappa shape index (κ1) is 15.3. The Hall–Kier alpha value is -0.720. The fourth-order valence-corrected chi connectivity index (χ4v) is 3.45. The number of nitrogens with two attached hydrogens (primary N) is 1. The maximum absolute atomic E-state index is 12.2. The van der Waals surface area contributed by atoms with Crippen molar-refractivity contribution in [2.24, 2.45) is 5.73 Å². The molecule has 0 aliphatic heterocycles. The van der Waals surface area contributed by atoms with Crippen molar-refractivity contribution in [1.29, 1.82) is 0 Å². The normalized spacial score (nSPS) is 14.1. The smallest absolute Gasteiger partial charge is 0.319 e. The van der Waals surface area contributed by atoms with Crippen LogP contribution in [-0.2, 0) is 15.6 Å². The molecule has 0 fully saturated rings. The third-order valence-electron chi connectivity index (χ3n) is 2.48. The lowest BCUT2D eigenvalue weighted by atomic mass is 10.2. The molecule has 4 nitrogen and oxygen atoms in total. The average Bonchev–Trinajstić information content (AvgIpc) is 2.33. The van der Waals surface area contributed by atoms with E-state index < -0.39 is 22.0 Å².